The second-order valence-corrected chi connectivity index (χ2v) is 8.66. The van der Waals surface area contributed by atoms with Gasteiger partial charge in [-0.05, 0) is 30.4 Å². The number of carbonyl (C=O) groups is 2. The molecule has 2 aliphatic rings. The number of thiocarbonyl (C=S) groups is 1. The average molecular weight is 381 g/mol. The Balaban J connectivity index is 1.52. The normalized spacial score (nSPS) is 20.8. The number of thioether (sulfide) groups is 1. The number of nitrogens with one attached hydrogen (secondary N) is 1. The smallest absolute Gasteiger partial charge is 0.266 e. The number of hydrogen-bond donors (Lipinski definition) is 1. The fraction of sp³-hybridized carbons (Fsp3) is 0.471. The Morgan fingerprint density at radius 2 is 2.17 bits per heavy atom. The number of nitrogens with zero attached hydrogens (tertiary/aromatic N) is 1. The first-order valence-electron chi connectivity index (χ1n) is 8.22. The first-order valence-corrected chi connectivity index (χ1v) is 10.3. The number of thiophene rings is 1. The maximum Gasteiger partial charge on any atom is 0.266 e. The zero-order chi connectivity index (χ0) is 16.9. The Hall–Kier alpha value is -1.18. The molecule has 24 heavy (non-hydrogen) atoms. The zero-order valence-electron chi connectivity index (χ0n) is 13.3. The van der Waals surface area contributed by atoms with Crippen LogP contribution < -0.4 is 5.32 Å². The summed E-state index contributed by atoms with van der Waals surface area (Å²) in [6, 6.07) is 4.22. The summed E-state index contributed by atoms with van der Waals surface area (Å²) in [5, 5.41) is 5.05. The van der Waals surface area contributed by atoms with Crippen molar-refractivity contribution in [1.82, 2.24) is 10.2 Å². The van der Waals surface area contributed by atoms with E-state index in [1.165, 1.54) is 31.0 Å². The molecule has 7 heteroatoms. The lowest BCUT2D eigenvalue weighted by molar-refractivity contribution is -0.124. The second-order valence-electron chi connectivity index (χ2n) is 6.00. The molecule has 1 saturated carbocycles. The van der Waals surface area contributed by atoms with Gasteiger partial charge in [0.25, 0.3) is 5.91 Å². The maximum atomic E-state index is 12.5. The fourth-order valence-electron chi connectivity index (χ4n) is 2.96. The van der Waals surface area contributed by atoms with Crippen molar-refractivity contribution in [3.63, 3.8) is 0 Å². The highest BCUT2D eigenvalue weighted by atomic mass is 32.2. The van der Waals surface area contributed by atoms with Crippen LogP contribution in [0, 0.1) is 0 Å². The molecule has 3 rings (SSSR count). The number of amides is 2. The monoisotopic (exact) mass is 380 g/mol. The summed E-state index contributed by atoms with van der Waals surface area (Å²) >= 11 is 8.20. The van der Waals surface area contributed by atoms with Gasteiger partial charge in [-0.3, -0.25) is 14.5 Å². The van der Waals surface area contributed by atoms with E-state index in [1.54, 1.807) is 16.2 Å². The molecule has 1 aliphatic carbocycles. The van der Waals surface area contributed by atoms with Gasteiger partial charge in [-0.15, -0.1) is 11.3 Å². The van der Waals surface area contributed by atoms with Crippen molar-refractivity contribution in [3.8, 4) is 0 Å². The van der Waals surface area contributed by atoms with E-state index in [2.05, 4.69) is 5.32 Å². The van der Waals surface area contributed by atoms with E-state index in [0.717, 1.165) is 17.7 Å². The van der Waals surface area contributed by atoms with E-state index < -0.39 is 0 Å². The average Bonchev–Trinajstić information content (AvgIpc) is 3.16. The van der Waals surface area contributed by atoms with E-state index in [-0.39, 0.29) is 11.8 Å². The van der Waals surface area contributed by atoms with Crippen LogP contribution in [0.25, 0.3) is 6.08 Å². The highest BCUT2D eigenvalue weighted by Gasteiger charge is 2.32. The van der Waals surface area contributed by atoms with Crippen molar-refractivity contribution in [2.75, 3.05) is 6.54 Å². The Bertz CT molecular complexity index is 649. The first-order chi connectivity index (χ1) is 11.6. The molecule has 0 aromatic carbocycles. The van der Waals surface area contributed by atoms with Crippen LogP contribution >= 0.6 is 35.3 Å². The summed E-state index contributed by atoms with van der Waals surface area (Å²) in [6.45, 7) is 0.352. The minimum atomic E-state index is -0.0936. The van der Waals surface area contributed by atoms with Crippen molar-refractivity contribution in [3.05, 3.63) is 27.3 Å². The molecule has 0 atom stereocenters. The Morgan fingerprint density at radius 3 is 2.88 bits per heavy atom. The molecule has 0 radical (unpaired) electrons. The molecule has 1 N–H and O–H groups in total. The van der Waals surface area contributed by atoms with E-state index in [9.17, 15) is 9.59 Å². The Kier molecular flexibility index (Phi) is 6.08. The molecule has 0 bridgehead atoms. The Morgan fingerprint density at radius 1 is 1.38 bits per heavy atom. The summed E-state index contributed by atoms with van der Waals surface area (Å²) < 4.78 is 0.535. The molecule has 1 saturated heterocycles. The van der Waals surface area contributed by atoms with Gasteiger partial charge in [-0.25, -0.2) is 0 Å². The molecule has 4 nitrogen and oxygen atoms in total. The molecule has 2 heterocycles. The van der Waals surface area contributed by atoms with Gasteiger partial charge in [0.05, 0.1) is 4.91 Å². The highest BCUT2D eigenvalue weighted by molar-refractivity contribution is 8.26. The number of carbonyl (C=O) groups excluding carboxylic acids is 2. The van der Waals surface area contributed by atoms with E-state index in [0.29, 0.717) is 28.2 Å². The quantitative estimate of drug-likeness (QED) is 0.624. The van der Waals surface area contributed by atoms with Crippen molar-refractivity contribution in [1.29, 1.82) is 0 Å². The molecular weight excluding hydrogens is 360 g/mol. The predicted molar refractivity (Wildman–Crippen MR) is 104 cm³/mol. The molecule has 2 fully saturated rings. The van der Waals surface area contributed by atoms with Crippen LogP contribution in [0.5, 0.6) is 0 Å². The van der Waals surface area contributed by atoms with Gasteiger partial charge >= 0.3 is 0 Å². The fourth-order valence-corrected chi connectivity index (χ4v) is 4.99. The highest BCUT2D eigenvalue weighted by Crippen LogP contribution is 2.33. The molecule has 0 unspecified atom stereocenters. The van der Waals surface area contributed by atoms with Gasteiger partial charge in [-0.1, -0.05) is 49.3 Å². The van der Waals surface area contributed by atoms with E-state index in [1.807, 2.05) is 23.6 Å². The van der Waals surface area contributed by atoms with Crippen molar-refractivity contribution >= 4 is 57.5 Å². The molecular formula is C17H20N2O2S3. The molecule has 1 aliphatic heterocycles. The molecule has 128 valence electrons. The number of rotatable bonds is 5. The van der Waals surface area contributed by atoms with Crippen LogP contribution in [0.3, 0.4) is 0 Å². The third-order valence-corrected chi connectivity index (χ3v) is 6.42. The largest absolute Gasteiger partial charge is 0.353 e. The molecule has 1 aromatic rings. The minimum absolute atomic E-state index is 0.0122. The van der Waals surface area contributed by atoms with Gasteiger partial charge in [0.1, 0.15) is 4.32 Å². The van der Waals surface area contributed by atoms with Crippen LogP contribution in [0.15, 0.2) is 22.4 Å². The molecule has 2 amide bonds. The van der Waals surface area contributed by atoms with Gasteiger partial charge in [-0.2, -0.15) is 0 Å². The maximum absolute atomic E-state index is 12.5. The van der Waals surface area contributed by atoms with Gasteiger partial charge in [0.15, 0.2) is 0 Å². The molecule has 0 spiro atoms. The minimum Gasteiger partial charge on any atom is -0.353 e. The lowest BCUT2D eigenvalue weighted by atomic mass is 9.95. The number of hydrogen-bond acceptors (Lipinski definition) is 5. The lowest BCUT2D eigenvalue weighted by Gasteiger charge is -2.23. The van der Waals surface area contributed by atoms with Crippen LogP contribution in [0.1, 0.15) is 43.4 Å². The predicted octanol–water partition coefficient (Wildman–Crippen LogP) is 3.79. The van der Waals surface area contributed by atoms with Crippen molar-refractivity contribution < 1.29 is 9.59 Å². The van der Waals surface area contributed by atoms with Crippen molar-refractivity contribution in [2.45, 2.75) is 44.6 Å². The SMILES string of the molecule is O=C(CCN1C(=O)C(=Cc2cccs2)SC1=S)NC1CCCCC1. The standard InChI is InChI=1S/C17H20N2O2S3/c20-15(18-12-5-2-1-3-6-12)8-9-19-16(21)14(24-17(19)22)11-13-7-4-10-23-13/h4,7,10-12H,1-3,5-6,8-9H2,(H,18,20). The summed E-state index contributed by atoms with van der Waals surface area (Å²) in [4.78, 5) is 27.8. The van der Waals surface area contributed by atoms with Crippen molar-refractivity contribution in [2.24, 2.45) is 0 Å². The second kappa shape index (κ2) is 8.27. The summed E-state index contributed by atoms with van der Waals surface area (Å²) in [7, 11) is 0. The van der Waals surface area contributed by atoms with Crippen LogP contribution in [-0.4, -0.2) is 33.6 Å². The third-order valence-electron chi connectivity index (χ3n) is 4.22. The summed E-state index contributed by atoms with van der Waals surface area (Å²) in [5.74, 6) is -0.0814. The van der Waals surface area contributed by atoms with E-state index in [4.69, 9.17) is 12.2 Å². The van der Waals surface area contributed by atoms with E-state index >= 15 is 0 Å². The Labute approximate surface area is 155 Å². The van der Waals surface area contributed by atoms with Crippen LogP contribution in [-0.2, 0) is 9.59 Å². The lowest BCUT2D eigenvalue weighted by Crippen LogP contribution is -2.39. The molecule has 1 aromatic heterocycles. The third kappa shape index (κ3) is 4.46. The van der Waals surface area contributed by atoms with Gasteiger partial charge < -0.3 is 5.32 Å². The van der Waals surface area contributed by atoms with Gasteiger partial charge in [0, 0.05) is 23.9 Å². The topological polar surface area (TPSA) is 49.4 Å². The summed E-state index contributed by atoms with van der Waals surface area (Å²) in [5.41, 5.74) is 0. The zero-order valence-corrected chi connectivity index (χ0v) is 15.8. The van der Waals surface area contributed by atoms with Gasteiger partial charge in [0.2, 0.25) is 5.91 Å². The first kappa shape index (κ1) is 17.6. The summed E-state index contributed by atoms with van der Waals surface area (Å²) in [6.07, 6.45) is 7.94. The van der Waals surface area contributed by atoms with Crippen LogP contribution in [0.2, 0.25) is 0 Å². The van der Waals surface area contributed by atoms with Crippen LogP contribution in [0.4, 0.5) is 0 Å².